The highest BCUT2D eigenvalue weighted by Gasteiger charge is 2.45. The van der Waals surface area contributed by atoms with Crippen molar-refractivity contribution in [2.24, 2.45) is 5.92 Å². The van der Waals surface area contributed by atoms with E-state index in [1.54, 1.807) is 38.5 Å². The maximum atomic E-state index is 12.5. The van der Waals surface area contributed by atoms with Crippen LogP contribution < -0.4 is 18.9 Å². The van der Waals surface area contributed by atoms with Crippen molar-refractivity contribution in [3.63, 3.8) is 0 Å². The minimum Gasteiger partial charge on any atom is -0.493 e. The summed E-state index contributed by atoms with van der Waals surface area (Å²) in [6.07, 6.45) is -4.83. The smallest absolute Gasteiger partial charge is 0.334 e. The van der Waals surface area contributed by atoms with Crippen molar-refractivity contribution in [1.82, 2.24) is 0 Å². The van der Waals surface area contributed by atoms with E-state index in [9.17, 15) is 25.2 Å². The van der Waals surface area contributed by atoms with Crippen molar-refractivity contribution in [2.45, 2.75) is 37.1 Å². The number of hydrogen-bond acceptors (Lipinski definition) is 11. The molecular weight excluding hydrogens is 500 g/mol. The Bertz CT molecular complexity index is 1160. The average molecular weight is 533 g/mol. The zero-order chi connectivity index (χ0) is 27.4. The fourth-order valence-corrected chi connectivity index (χ4v) is 4.49. The second-order valence-electron chi connectivity index (χ2n) is 9.01. The van der Waals surface area contributed by atoms with Gasteiger partial charge in [0.25, 0.3) is 0 Å². The summed E-state index contributed by atoms with van der Waals surface area (Å²) in [4.78, 5) is 12.5. The Morgan fingerprint density at radius 1 is 0.895 bits per heavy atom. The van der Waals surface area contributed by atoms with E-state index in [0.717, 1.165) is 5.56 Å². The standard InChI is InChI=1S/C27H32O11/c1-33-18-6-4-14(10-20(18)34-2)8-16-13-36-26(32)17(16)9-15-5-7-19(21(11-15)35-3)37-27-25(31)24(30)23(29)22(12-28)38-27/h4-7,9-11,16,22-25,27-31H,8,12-13H2,1-3H3/t16-,22+,23+,24-,25+,27+/m0/s1. The molecule has 2 aliphatic heterocycles. The zero-order valence-corrected chi connectivity index (χ0v) is 21.3. The van der Waals surface area contributed by atoms with Crippen LogP contribution in [0.25, 0.3) is 6.08 Å². The molecule has 0 saturated carbocycles. The topological polar surface area (TPSA) is 153 Å². The van der Waals surface area contributed by atoms with Crippen molar-refractivity contribution in [3.8, 4) is 23.0 Å². The van der Waals surface area contributed by atoms with Gasteiger partial charge in [0.2, 0.25) is 6.29 Å². The lowest BCUT2D eigenvalue weighted by molar-refractivity contribution is -0.277. The van der Waals surface area contributed by atoms with E-state index in [1.165, 1.54) is 7.11 Å². The minimum atomic E-state index is -1.57. The summed E-state index contributed by atoms with van der Waals surface area (Å²) in [6.45, 7) is -0.330. The number of carbonyl (C=O) groups is 1. The molecule has 38 heavy (non-hydrogen) atoms. The molecule has 4 rings (SSSR count). The largest absolute Gasteiger partial charge is 0.493 e. The van der Waals surface area contributed by atoms with Crippen LogP contribution in [0.4, 0.5) is 0 Å². The maximum Gasteiger partial charge on any atom is 0.334 e. The molecule has 2 heterocycles. The van der Waals surface area contributed by atoms with E-state index in [-0.39, 0.29) is 24.0 Å². The van der Waals surface area contributed by atoms with Gasteiger partial charge in [0.15, 0.2) is 23.0 Å². The number of aliphatic hydroxyl groups excluding tert-OH is 4. The number of hydrogen-bond donors (Lipinski definition) is 4. The Balaban J connectivity index is 1.53. The van der Waals surface area contributed by atoms with Gasteiger partial charge in [-0.05, 0) is 47.9 Å². The molecule has 2 saturated heterocycles. The van der Waals surface area contributed by atoms with Gasteiger partial charge in [0, 0.05) is 11.5 Å². The first-order chi connectivity index (χ1) is 18.3. The van der Waals surface area contributed by atoms with E-state index in [4.69, 9.17) is 28.4 Å². The molecule has 0 spiro atoms. The highest BCUT2D eigenvalue weighted by Crippen LogP contribution is 2.35. The van der Waals surface area contributed by atoms with E-state index < -0.39 is 43.3 Å². The Kier molecular flexibility index (Phi) is 8.75. The summed E-state index contributed by atoms with van der Waals surface area (Å²) in [5.74, 6) is 1.09. The quantitative estimate of drug-likeness (QED) is 0.266. The number of aliphatic hydroxyl groups is 4. The van der Waals surface area contributed by atoms with Crippen molar-refractivity contribution in [2.75, 3.05) is 34.5 Å². The molecule has 206 valence electrons. The summed E-state index contributed by atoms with van der Waals surface area (Å²) in [5, 5.41) is 39.7. The summed E-state index contributed by atoms with van der Waals surface area (Å²) < 4.78 is 32.6. The van der Waals surface area contributed by atoms with Gasteiger partial charge in [-0.2, -0.15) is 0 Å². The third kappa shape index (κ3) is 5.71. The van der Waals surface area contributed by atoms with Gasteiger partial charge in [0.05, 0.1) is 34.5 Å². The van der Waals surface area contributed by atoms with Gasteiger partial charge >= 0.3 is 5.97 Å². The molecule has 0 amide bonds. The molecule has 11 nitrogen and oxygen atoms in total. The Hall–Kier alpha value is -3.35. The van der Waals surface area contributed by atoms with Gasteiger partial charge in [-0.25, -0.2) is 4.79 Å². The van der Waals surface area contributed by atoms with E-state index in [0.29, 0.717) is 29.1 Å². The predicted octanol–water partition coefficient (Wildman–Crippen LogP) is 0.690. The third-order valence-corrected chi connectivity index (χ3v) is 6.62. The van der Waals surface area contributed by atoms with Gasteiger partial charge in [-0.1, -0.05) is 12.1 Å². The SMILES string of the molecule is COc1ccc(C[C@H]2COC(=O)C2=Cc2ccc(O[C@@H]3O[C@H](CO)[C@@H](O)[C@H](O)[C@H]3O)c(OC)c2)cc1OC. The number of ether oxygens (including phenoxy) is 6. The molecule has 0 unspecified atom stereocenters. The van der Waals surface area contributed by atoms with Crippen molar-refractivity contribution >= 4 is 12.0 Å². The van der Waals surface area contributed by atoms with Gasteiger partial charge in [-0.15, -0.1) is 0 Å². The van der Waals surface area contributed by atoms with Crippen LogP contribution in [-0.4, -0.2) is 91.6 Å². The number of rotatable bonds is 9. The highest BCUT2D eigenvalue weighted by molar-refractivity contribution is 5.96. The molecule has 2 fully saturated rings. The van der Waals surface area contributed by atoms with Crippen LogP contribution in [0.15, 0.2) is 42.0 Å². The summed E-state index contributed by atoms with van der Waals surface area (Å²) >= 11 is 0. The molecule has 0 bridgehead atoms. The molecule has 4 N–H and O–H groups in total. The number of esters is 1. The lowest BCUT2D eigenvalue weighted by atomic mass is 9.92. The highest BCUT2D eigenvalue weighted by atomic mass is 16.7. The van der Waals surface area contributed by atoms with Gasteiger partial charge in [-0.3, -0.25) is 0 Å². The Morgan fingerprint density at radius 2 is 1.58 bits per heavy atom. The summed E-state index contributed by atoms with van der Waals surface area (Å²) in [6, 6.07) is 10.5. The number of carbonyl (C=O) groups excluding carboxylic acids is 1. The zero-order valence-electron chi connectivity index (χ0n) is 21.3. The normalized spacial score (nSPS) is 28.2. The summed E-state index contributed by atoms with van der Waals surface area (Å²) in [5.41, 5.74) is 2.11. The van der Waals surface area contributed by atoms with Crippen molar-refractivity contribution < 1.29 is 53.6 Å². The second-order valence-corrected chi connectivity index (χ2v) is 9.01. The fraction of sp³-hybridized carbons (Fsp3) is 0.444. The molecular formula is C27H32O11. The lowest BCUT2D eigenvalue weighted by Crippen LogP contribution is -2.60. The van der Waals surface area contributed by atoms with Crippen LogP contribution in [-0.2, 0) is 20.7 Å². The number of cyclic esters (lactones) is 1. The first-order valence-corrected chi connectivity index (χ1v) is 12.0. The molecule has 2 aromatic rings. The maximum absolute atomic E-state index is 12.5. The molecule has 6 atom stereocenters. The average Bonchev–Trinajstić information content (AvgIpc) is 3.27. The molecule has 2 aromatic carbocycles. The van der Waals surface area contributed by atoms with Gasteiger partial charge < -0.3 is 48.8 Å². The van der Waals surface area contributed by atoms with Crippen LogP contribution >= 0.6 is 0 Å². The van der Waals surface area contributed by atoms with E-state index in [1.807, 2.05) is 18.2 Å². The van der Waals surface area contributed by atoms with Crippen molar-refractivity contribution in [1.29, 1.82) is 0 Å². The van der Waals surface area contributed by atoms with Gasteiger partial charge in [0.1, 0.15) is 24.4 Å². The van der Waals surface area contributed by atoms with Crippen LogP contribution in [0.1, 0.15) is 11.1 Å². The number of benzene rings is 2. The molecule has 0 aliphatic carbocycles. The number of methoxy groups -OCH3 is 3. The fourth-order valence-electron chi connectivity index (χ4n) is 4.49. The van der Waals surface area contributed by atoms with Crippen LogP contribution in [0.2, 0.25) is 0 Å². The third-order valence-electron chi connectivity index (χ3n) is 6.62. The first kappa shape index (κ1) is 27.7. The Morgan fingerprint density at radius 3 is 2.26 bits per heavy atom. The second kappa shape index (κ2) is 12.0. The first-order valence-electron chi connectivity index (χ1n) is 12.0. The van der Waals surface area contributed by atoms with Crippen LogP contribution in [0, 0.1) is 5.92 Å². The minimum absolute atomic E-state index is 0.184. The van der Waals surface area contributed by atoms with E-state index >= 15 is 0 Å². The lowest BCUT2D eigenvalue weighted by Gasteiger charge is -2.39. The van der Waals surface area contributed by atoms with Crippen LogP contribution in [0.5, 0.6) is 23.0 Å². The Labute approximate surface area is 219 Å². The van der Waals surface area contributed by atoms with Crippen LogP contribution in [0.3, 0.4) is 0 Å². The summed E-state index contributed by atoms with van der Waals surface area (Å²) in [7, 11) is 4.56. The molecule has 2 aliphatic rings. The predicted molar refractivity (Wildman–Crippen MR) is 133 cm³/mol. The molecule has 11 heteroatoms. The monoisotopic (exact) mass is 532 g/mol. The van der Waals surface area contributed by atoms with Crippen molar-refractivity contribution in [3.05, 3.63) is 53.1 Å². The molecule has 0 radical (unpaired) electrons. The van der Waals surface area contributed by atoms with E-state index in [2.05, 4.69) is 0 Å². The molecule has 0 aromatic heterocycles.